The Labute approximate surface area is 236 Å². The van der Waals surface area contributed by atoms with Crippen LogP contribution in [0.1, 0.15) is 11.7 Å². The highest BCUT2D eigenvalue weighted by atomic mass is 16.7. The molecule has 2 aliphatic heterocycles. The van der Waals surface area contributed by atoms with Crippen molar-refractivity contribution in [3.8, 4) is 28.6 Å². The fourth-order valence-corrected chi connectivity index (χ4v) is 5.07. The maximum atomic E-state index is 13.0. The minimum Gasteiger partial charge on any atom is -0.508 e. The van der Waals surface area contributed by atoms with Crippen molar-refractivity contribution in [2.24, 2.45) is 0 Å². The standard InChI is InChI=1S/C27H30O15/c28-7-15-19(32)23(36)25(38)27(42-15)39-8-16-20(33)22(35)24(37)26(41-16)18-12(31)6-14-17(21(18)34)11(30)5-13(40-14)9-1-3-10(29)4-2-9/h1-6,15-16,19-20,22-29,31-38H,7-8H2/t15-,16-,19-,20-,22+,23+,24-,25-,26-,27+/m1/s1. The van der Waals surface area contributed by atoms with E-state index in [2.05, 4.69) is 0 Å². The predicted octanol–water partition coefficient (Wildman–Crippen LogP) is -2.08. The molecule has 0 aliphatic carbocycles. The molecule has 1 aromatic heterocycles. The van der Waals surface area contributed by atoms with Crippen LogP contribution in [0.2, 0.25) is 0 Å². The van der Waals surface area contributed by atoms with Crippen molar-refractivity contribution in [2.75, 3.05) is 13.2 Å². The normalized spacial score (nSPS) is 33.6. The molecule has 0 unspecified atom stereocenters. The van der Waals surface area contributed by atoms with Crippen LogP contribution < -0.4 is 5.43 Å². The Balaban J connectivity index is 1.43. The Bertz CT molecular complexity index is 1470. The van der Waals surface area contributed by atoms with Crippen molar-refractivity contribution in [2.45, 2.75) is 61.2 Å². The lowest BCUT2D eigenvalue weighted by molar-refractivity contribution is -0.314. The molecular formula is C27H30O15. The number of hydrogen-bond acceptors (Lipinski definition) is 15. The van der Waals surface area contributed by atoms with Crippen molar-refractivity contribution in [1.82, 2.24) is 0 Å². The number of ether oxygens (including phenoxy) is 3. The first-order chi connectivity index (χ1) is 19.9. The van der Waals surface area contributed by atoms with Gasteiger partial charge in [-0.1, -0.05) is 0 Å². The molecule has 5 rings (SSSR count). The lowest BCUT2D eigenvalue weighted by Gasteiger charge is -2.43. The second-order valence-corrected chi connectivity index (χ2v) is 10.2. The first-order valence-corrected chi connectivity index (χ1v) is 12.9. The highest BCUT2D eigenvalue weighted by Crippen LogP contribution is 2.45. The molecule has 3 heterocycles. The lowest BCUT2D eigenvalue weighted by Crippen LogP contribution is -2.60. The summed E-state index contributed by atoms with van der Waals surface area (Å²) < 4.78 is 22.0. The Morgan fingerprint density at radius 3 is 2.07 bits per heavy atom. The topological polar surface area (TPSA) is 260 Å². The largest absolute Gasteiger partial charge is 0.508 e. The third kappa shape index (κ3) is 5.31. The van der Waals surface area contributed by atoms with Gasteiger partial charge in [-0.05, 0) is 24.3 Å². The quantitative estimate of drug-likeness (QED) is 0.147. The zero-order valence-electron chi connectivity index (χ0n) is 21.7. The summed E-state index contributed by atoms with van der Waals surface area (Å²) >= 11 is 0. The van der Waals surface area contributed by atoms with E-state index in [9.17, 15) is 55.9 Å². The Morgan fingerprint density at radius 1 is 0.762 bits per heavy atom. The highest BCUT2D eigenvalue weighted by molar-refractivity contribution is 5.88. The number of rotatable bonds is 6. The van der Waals surface area contributed by atoms with Crippen LogP contribution in [0.15, 0.2) is 45.6 Å². The van der Waals surface area contributed by atoms with Crippen LogP contribution in [0, 0.1) is 0 Å². The number of fused-ring (bicyclic) bond motifs is 1. The molecule has 0 bridgehead atoms. The van der Waals surface area contributed by atoms with E-state index in [1.807, 2.05) is 0 Å². The van der Waals surface area contributed by atoms with Gasteiger partial charge in [0.25, 0.3) is 0 Å². The number of benzene rings is 2. The SMILES string of the molecule is O=c1cc(-c2ccc(O)cc2)oc2cc(O)c([C@H]3O[C@H](CO[C@H]4O[C@H](CO)[C@@H](O)[C@H](O)[C@H]4O)[C@@H](O)[C@H](O)[C@H]3O)c(O)c12. The van der Waals surface area contributed by atoms with E-state index in [4.69, 9.17) is 18.6 Å². The van der Waals surface area contributed by atoms with Crippen LogP contribution in [0.5, 0.6) is 17.2 Å². The van der Waals surface area contributed by atoms with Gasteiger partial charge in [0.05, 0.1) is 18.8 Å². The molecule has 10 atom stereocenters. The van der Waals surface area contributed by atoms with E-state index in [-0.39, 0.29) is 22.5 Å². The number of aliphatic hydroxyl groups is 7. The number of hydrogen-bond donors (Lipinski definition) is 10. The van der Waals surface area contributed by atoms with E-state index in [0.29, 0.717) is 5.56 Å². The van der Waals surface area contributed by atoms with Gasteiger partial charge in [0.2, 0.25) is 0 Å². The number of phenols is 3. The highest BCUT2D eigenvalue weighted by Gasteiger charge is 2.48. The molecule has 2 aliphatic rings. The molecule has 42 heavy (non-hydrogen) atoms. The molecule has 228 valence electrons. The van der Waals surface area contributed by atoms with Crippen LogP contribution in [-0.4, -0.2) is 119 Å². The zero-order valence-corrected chi connectivity index (χ0v) is 21.7. The van der Waals surface area contributed by atoms with Gasteiger partial charge in [0, 0.05) is 17.7 Å². The third-order valence-electron chi connectivity index (χ3n) is 7.43. The number of aliphatic hydroxyl groups excluding tert-OH is 7. The van der Waals surface area contributed by atoms with Crippen molar-refractivity contribution < 1.29 is 69.7 Å². The maximum absolute atomic E-state index is 13.0. The van der Waals surface area contributed by atoms with Crippen molar-refractivity contribution >= 4 is 11.0 Å². The van der Waals surface area contributed by atoms with Gasteiger partial charge in [0.1, 0.15) is 88.9 Å². The fraction of sp³-hybridized carbons (Fsp3) is 0.444. The van der Waals surface area contributed by atoms with Gasteiger partial charge >= 0.3 is 0 Å². The van der Waals surface area contributed by atoms with Gasteiger partial charge in [-0.15, -0.1) is 0 Å². The summed E-state index contributed by atoms with van der Waals surface area (Å²) in [5.41, 5.74) is -1.03. The summed E-state index contributed by atoms with van der Waals surface area (Å²) in [6.45, 7) is -1.36. The monoisotopic (exact) mass is 594 g/mol. The average Bonchev–Trinajstić information content (AvgIpc) is 2.96. The minimum absolute atomic E-state index is 0.0166. The Hall–Kier alpha value is -3.35. The molecule has 0 amide bonds. The lowest BCUT2D eigenvalue weighted by atomic mass is 9.89. The first-order valence-electron chi connectivity index (χ1n) is 12.9. The average molecular weight is 595 g/mol. The van der Waals surface area contributed by atoms with Gasteiger partial charge in [0.15, 0.2) is 11.7 Å². The van der Waals surface area contributed by atoms with E-state index < -0.39 is 96.9 Å². The third-order valence-corrected chi connectivity index (χ3v) is 7.43. The van der Waals surface area contributed by atoms with E-state index in [0.717, 1.165) is 12.1 Å². The maximum Gasteiger partial charge on any atom is 0.197 e. The van der Waals surface area contributed by atoms with Crippen LogP contribution in [0.4, 0.5) is 0 Å². The second kappa shape index (κ2) is 11.7. The molecule has 0 saturated carbocycles. The van der Waals surface area contributed by atoms with Crippen molar-refractivity contribution in [3.63, 3.8) is 0 Å². The molecule has 15 nitrogen and oxygen atoms in total. The molecule has 10 N–H and O–H groups in total. The van der Waals surface area contributed by atoms with Crippen molar-refractivity contribution in [1.29, 1.82) is 0 Å². The van der Waals surface area contributed by atoms with Gasteiger partial charge < -0.3 is 69.7 Å². The van der Waals surface area contributed by atoms with E-state index in [1.165, 1.54) is 24.3 Å². The summed E-state index contributed by atoms with van der Waals surface area (Å²) in [4.78, 5) is 13.0. The molecule has 0 spiro atoms. The van der Waals surface area contributed by atoms with E-state index in [1.54, 1.807) is 0 Å². The molecule has 2 saturated heterocycles. The van der Waals surface area contributed by atoms with Crippen LogP contribution in [-0.2, 0) is 14.2 Å². The molecule has 0 radical (unpaired) electrons. The Kier molecular flexibility index (Phi) is 8.41. The first kappa shape index (κ1) is 30.1. The minimum atomic E-state index is -1.92. The zero-order chi connectivity index (χ0) is 30.5. The van der Waals surface area contributed by atoms with Crippen LogP contribution in [0.3, 0.4) is 0 Å². The number of phenolic OH excluding ortho intramolecular Hbond substituents is 3. The molecule has 15 heteroatoms. The van der Waals surface area contributed by atoms with E-state index >= 15 is 0 Å². The Morgan fingerprint density at radius 2 is 1.40 bits per heavy atom. The molecule has 2 aromatic carbocycles. The summed E-state index contributed by atoms with van der Waals surface area (Å²) in [5.74, 6) is -1.46. The van der Waals surface area contributed by atoms with Crippen molar-refractivity contribution in [3.05, 3.63) is 52.2 Å². The fourth-order valence-electron chi connectivity index (χ4n) is 5.07. The summed E-state index contributed by atoms with van der Waals surface area (Å²) in [7, 11) is 0. The summed E-state index contributed by atoms with van der Waals surface area (Å²) in [6, 6.07) is 7.79. The second-order valence-electron chi connectivity index (χ2n) is 10.2. The smallest absolute Gasteiger partial charge is 0.197 e. The van der Waals surface area contributed by atoms with Gasteiger partial charge in [-0.2, -0.15) is 0 Å². The molecule has 3 aromatic rings. The van der Waals surface area contributed by atoms with Gasteiger partial charge in [-0.25, -0.2) is 0 Å². The summed E-state index contributed by atoms with van der Waals surface area (Å²) in [5, 5.41) is 102. The summed E-state index contributed by atoms with van der Waals surface area (Å²) in [6.07, 6.45) is -16.8. The molecular weight excluding hydrogens is 564 g/mol. The molecule has 2 fully saturated rings. The van der Waals surface area contributed by atoms with Gasteiger partial charge in [-0.3, -0.25) is 4.79 Å². The van der Waals surface area contributed by atoms with Crippen LogP contribution >= 0.6 is 0 Å². The predicted molar refractivity (Wildman–Crippen MR) is 138 cm³/mol. The van der Waals surface area contributed by atoms with Crippen LogP contribution in [0.25, 0.3) is 22.3 Å². The number of aromatic hydroxyl groups is 3.